The summed E-state index contributed by atoms with van der Waals surface area (Å²) in [5, 5.41) is 2.80. The Morgan fingerprint density at radius 3 is 2.54 bits per heavy atom. The Morgan fingerprint density at radius 2 is 1.68 bits per heavy atom. The fourth-order valence-corrected chi connectivity index (χ4v) is 3.20. The van der Waals surface area contributed by atoms with Crippen LogP contribution < -0.4 is 14.8 Å². The summed E-state index contributed by atoms with van der Waals surface area (Å²) < 4.78 is 11.4. The topological polar surface area (TPSA) is 64.6 Å². The van der Waals surface area contributed by atoms with Crippen molar-refractivity contribution in [3.05, 3.63) is 83.9 Å². The van der Waals surface area contributed by atoms with E-state index < -0.39 is 0 Å². The molecule has 3 aromatic rings. The zero-order chi connectivity index (χ0) is 19.3. The van der Waals surface area contributed by atoms with Gasteiger partial charge in [-0.15, -0.1) is 0 Å². The fourth-order valence-electron chi connectivity index (χ4n) is 3.20. The number of carbonyl (C=O) groups is 2. The van der Waals surface area contributed by atoms with Gasteiger partial charge in [0, 0.05) is 29.3 Å². The number of nitrogens with one attached hydrogen (secondary N) is 1. The second-order valence-electron chi connectivity index (χ2n) is 6.49. The predicted molar refractivity (Wildman–Crippen MR) is 106 cm³/mol. The van der Waals surface area contributed by atoms with Gasteiger partial charge in [-0.1, -0.05) is 36.4 Å². The quantitative estimate of drug-likeness (QED) is 0.684. The lowest BCUT2D eigenvalue weighted by Crippen LogP contribution is -2.20. The van der Waals surface area contributed by atoms with Gasteiger partial charge in [0.15, 0.2) is 12.4 Å². The Morgan fingerprint density at radius 1 is 0.893 bits per heavy atom. The highest BCUT2D eigenvalue weighted by Crippen LogP contribution is 2.30. The average molecular weight is 373 g/mol. The van der Waals surface area contributed by atoms with Crippen molar-refractivity contribution >= 4 is 17.4 Å². The van der Waals surface area contributed by atoms with Crippen LogP contribution >= 0.6 is 0 Å². The molecular formula is C23H19NO4. The van der Waals surface area contributed by atoms with E-state index in [2.05, 4.69) is 5.32 Å². The molecule has 0 heterocycles. The molecule has 0 aliphatic heterocycles. The van der Waals surface area contributed by atoms with E-state index in [1.54, 1.807) is 30.3 Å². The van der Waals surface area contributed by atoms with Gasteiger partial charge in [-0.05, 0) is 36.8 Å². The van der Waals surface area contributed by atoms with Crippen LogP contribution in [-0.4, -0.2) is 18.3 Å². The number of rotatable bonds is 6. The molecule has 1 N–H and O–H groups in total. The van der Waals surface area contributed by atoms with Crippen molar-refractivity contribution in [3.8, 4) is 17.2 Å². The van der Waals surface area contributed by atoms with Crippen molar-refractivity contribution in [1.29, 1.82) is 0 Å². The smallest absolute Gasteiger partial charge is 0.262 e. The minimum Gasteiger partial charge on any atom is -0.483 e. The van der Waals surface area contributed by atoms with Crippen molar-refractivity contribution in [2.24, 2.45) is 0 Å². The van der Waals surface area contributed by atoms with Gasteiger partial charge >= 0.3 is 0 Å². The number of Topliss-reactive ketones (excluding diaryl/α,β-unsaturated/α-hetero) is 1. The number of hydrogen-bond donors (Lipinski definition) is 1. The molecule has 0 fully saturated rings. The first kappa shape index (κ1) is 17.8. The van der Waals surface area contributed by atoms with Crippen molar-refractivity contribution in [1.82, 2.24) is 0 Å². The van der Waals surface area contributed by atoms with Gasteiger partial charge in [-0.25, -0.2) is 0 Å². The normalized spacial score (nSPS) is 12.4. The summed E-state index contributed by atoms with van der Waals surface area (Å²) >= 11 is 0. The minimum absolute atomic E-state index is 0.125. The zero-order valence-corrected chi connectivity index (χ0v) is 15.2. The van der Waals surface area contributed by atoms with Crippen LogP contribution in [-0.2, 0) is 11.2 Å². The van der Waals surface area contributed by atoms with E-state index in [0.717, 1.165) is 11.3 Å². The molecule has 3 aromatic carbocycles. The van der Waals surface area contributed by atoms with Crippen LogP contribution in [0.25, 0.3) is 0 Å². The van der Waals surface area contributed by atoms with E-state index in [1.807, 2.05) is 42.5 Å². The molecule has 0 saturated heterocycles. The average Bonchev–Trinajstić information content (AvgIpc) is 3.09. The summed E-state index contributed by atoms with van der Waals surface area (Å²) in [6.07, 6.45) is 1.15. The number of amides is 1. The molecule has 5 heteroatoms. The molecule has 4 rings (SSSR count). The Kier molecular flexibility index (Phi) is 5.06. The fraction of sp³-hybridized carbons (Fsp3) is 0.130. The van der Waals surface area contributed by atoms with Crippen molar-refractivity contribution in [3.63, 3.8) is 0 Å². The Hall–Kier alpha value is -3.60. The molecule has 1 aliphatic carbocycles. The summed E-state index contributed by atoms with van der Waals surface area (Å²) in [7, 11) is 0. The predicted octanol–water partition coefficient (Wildman–Crippen LogP) is 4.63. The first-order valence-electron chi connectivity index (χ1n) is 9.10. The monoisotopic (exact) mass is 373 g/mol. The van der Waals surface area contributed by atoms with Gasteiger partial charge in [0.2, 0.25) is 0 Å². The number of fused-ring (bicyclic) bond motifs is 1. The second-order valence-corrected chi connectivity index (χ2v) is 6.49. The molecule has 0 spiro atoms. The lowest BCUT2D eigenvalue weighted by molar-refractivity contribution is -0.118. The number of anilines is 1. The van der Waals surface area contributed by atoms with Crippen molar-refractivity contribution < 1.29 is 19.1 Å². The molecule has 0 radical (unpaired) electrons. The number of ketones is 1. The largest absolute Gasteiger partial charge is 0.483 e. The van der Waals surface area contributed by atoms with E-state index in [4.69, 9.17) is 9.47 Å². The molecule has 140 valence electrons. The van der Waals surface area contributed by atoms with E-state index in [9.17, 15) is 9.59 Å². The molecule has 1 amide bonds. The van der Waals surface area contributed by atoms with Gasteiger partial charge in [-0.3, -0.25) is 9.59 Å². The summed E-state index contributed by atoms with van der Waals surface area (Å²) in [6, 6.07) is 22.0. The van der Waals surface area contributed by atoms with Gasteiger partial charge < -0.3 is 14.8 Å². The van der Waals surface area contributed by atoms with E-state index in [1.165, 1.54) is 0 Å². The maximum absolute atomic E-state index is 12.3. The van der Waals surface area contributed by atoms with Crippen molar-refractivity contribution in [2.45, 2.75) is 12.8 Å². The maximum Gasteiger partial charge on any atom is 0.262 e. The van der Waals surface area contributed by atoms with Crippen LogP contribution in [0.15, 0.2) is 72.8 Å². The molecule has 0 aromatic heterocycles. The van der Waals surface area contributed by atoms with Crippen LogP contribution in [0, 0.1) is 0 Å². The minimum atomic E-state index is -0.279. The van der Waals surface area contributed by atoms with Crippen molar-refractivity contribution in [2.75, 3.05) is 11.9 Å². The van der Waals surface area contributed by atoms with E-state index in [0.29, 0.717) is 35.6 Å². The second kappa shape index (κ2) is 7.96. The van der Waals surface area contributed by atoms with Crippen LogP contribution in [0.3, 0.4) is 0 Å². The molecule has 0 atom stereocenters. The number of benzene rings is 3. The molecule has 0 bridgehead atoms. The van der Waals surface area contributed by atoms with Gasteiger partial charge in [0.05, 0.1) is 0 Å². The third-order valence-electron chi connectivity index (χ3n) is 4.49. The summed E-state index contributed by atoms with van der Waals surface area (Å²) in [5.41, 5.74) is 2.21. The lowest BCUT2D eigenvalue weighted by atomic mass is 10.1. The Labute approximate surface area is 162 Å². The van der Waals surface area contributed by atoms with Gasteiger partial charge in [-0.2, -0.15) is 0 Å². The first-order chi connectivity index (χ1) is 13.7. The number of para-hydroxylation sites is 1. The maximum atomic E-state index is 12.3. The lowest BCUT2D eigenvalue weighted by Gasteiger charge is -2.11. The van der Waals surface area contributed by atoms with Crippen LogP contribution in [0.2, 0.25) is 0 Å². The first-order valence-corrected chi connectivity index (χ1v) is 9.10. The van der Waals surface area contributed by atoms with Crippen LogP contribution in [0.5, 0.6) is 17.2 Å². The highest BCUT2D eigenvalue weighted by molar-refractivity contribution is 6.01. The third-order valence-corrected chi connectivity index (χ3v) is 4.49. The molecule has 0 unspecified atom stereocenters. The van der Waals surface area contributed by atoms with E-state index in [-0.39, 0.29) is 18.3 Å². The Bertz CT molecular complexity index is 1010. The van der Waals surface area contributed by atoms with E-state index >= 15 is 0 Å². The standard InChI is InChI=1S/C23H19NO4/c25-21-13-12-20-19(21)10-5-11-22(20)27-15-23(26)24-16-6-4-9-18(14-16)28-17-7-2-1-3-8-17/h1-11,14H,12-13,15H2,(H,24,26). The SMILES string of the molecule is O=C(COc1cccc2c1CCC2=O)Nc1cccc(Oc2ccccc2)c1. The summed E-state index contributed by atoms with van der Waals surface area (Å²) in [5.74, 6) is 1.80. The molecular weight excluding hydrogens is 354 g/mol. The van der Waals surface area contributed by atoms with Crippen LogP contribution in [0.1, 0.15) is 22.3 Å². The summed E-state index contributed by atoms with van der Waals surface area (Å²) in [6.45, 7) is -0.131. The number of carbonyl (C=O) groups excluding carboxylic acids is 2. The van der Waals surface area contributed by atoms with Gasteiger partial charge in [0.1, 0.15) is 17.2 Å². The highest BCUT2D eigenvalue weighted by Gasteiger charge is 2.22. The molecule has 28 heavy (non-hydrogen) atoms. The summed E-state index contributed by atoms with van der Waals surface area (Å²) in [4.78, 5) is 24.1. The molecule has 5 nitrogen and oxygen atoms in total. The van der Waals surface area contributed by atoms with Gasteiger partial charge in [0.25, 0.3) is 5.91 Å². The highest BCUT2D eigenvalue weighted by atomic mass is 16.5. The molecule has 0 saturated carbocycles. The third kappa shape index (κ3) is 4.04. The number of ether oxygens (including phenoxy) is 2. The molecule has 1 aliphatic rings. The Balaban J connectivity index is 1.37. The van der Waals surface area contributed by atoms with Crippen LogP contribution in [0.4, 0.5) is 5.69 Å². The zero-order valence-electron chi connectivity index (χ0n) is 15.2. The number of hydrogen-bond acceptors (Lipinski definition) is 4.